The molecule has 0 aliphatic carbocycles. The van der Waals surface area contributed by atoms with Crippen LogP contribution in [0.2, 0.25) is 0 Å². The molecule has 0 aliphatic heterocycles. The van der Waals surface area contributed by atoms with Gasteiger partial charge >= 0.3 is 7.48 Å². The first-order valence-corrected chi connectivity index (χ1v) is 9.51. The Balaban J connectivity index is 1.81. The Morgan fingerprint density at radius 3 is 2.11 bits per heavy atom. The number of hydrogen-bond acceptors (Lipinski definition) is 3. The maximum Gasteiger partial charge on any atom is 0.334 e. The van der Waals surface area contributed by atoms with Crippen LogP contribution in [-0.4, -0.2) is 23.8 Å². The van der Waals surface area contributed by atoms with Gasteiger partial charge in [0.2, 0.25) is 0 Å². The van der Waals surface area contributed by atoms with Crippen LogP contribution in [0.1, 0.15) is 27.7 Å². The average Bonchev–Trinajstić information content (AvgIpc) is 3.05. The van der Waals surface area contributed by atoms with Gasteiger partial charge in [0.05, 0.1) is 11.2 Å². The van der Waals surface area contributed by atoms with Crippen molar-refractivity contribution in [2.24, 2.45) is 0 Å². The Morgan fingerprint density at radius 1 is 0.786 bits per heavy atom. The van der Waals surface area contributed by atoms with E-state index in [1.165, 1.54) is 0 Å². The van der Waals surface area contributed by atoms with Gasteiger partial charge in [0.25, 0.3) is 0 Å². The molecule has 1 aromatic heterocycles. The Bertz CT molecular complexity index is 1120. The summed E-state index contributed by atoms with van der Waals surface area (Å²) in [7, 11) is 1.69. The first-order valence-electron chi connectivity index (χ1n) is 9.51. The van der Waals surface area contributed by atoms with Gasteiger partial charge in [0.1, 0.15) is 11.2 Å². The number of fused-ring (bicyclic) bond motifs is 3. The van der Waals surface area contributed by atoms with E-state index in [9.17, 15) is 5.11 Å². The first kappa shape index (κ1) is 18.8. The van der Waals surface area contributed by atoms with Crippen LogP contribution in [0.25, 0.3) is 33.1 Å². The maximum absolute atomic E-state index is 10.3. The molecule has 0 amide bonds. The highest BCUT2D eigenvalue weighted by molar-refractivity contribution is 6.51. The summed E-state index contributed by atoms with van der Waals surface area (Å²) in [5.41, 5.74) is 2.97. The fourth-order valence-corrected chi connectivity index (χ4v) is 3.13. The lowest BCUT2D eigenvalue weighted by Gasteiger charge is -2.37. The van der Waals surface area contributed by atoms with Crippen molar-refractivity contribution in [2.75, 3.05) is 0 Å². The molecule has 1 heterocycles. The van der Waals surface area contributed by atoms with E-state index in [1.807, 2.05) is 44.2 Å². The fraction of sp³-hybridized carbons (Fsp3) is 0.250. The topological polar surface area (TPSA) is 42.6 Å². The number of aliphatic hydroxyl groups is 1. The molecule has 1 radical (unpaired) electrons. The summed E-state index contributed by atoms with van der Waals surface area (Å²) in [6.45, 7) is 7.23. The van der Waals surface area contributed by atoms with Gasteiger partial charge in [-0.2, -0.15) is 0 Å². The highest BCUT2D eigenvalue weighted by Crippen LogP contribution is 2.35. The molecule has 0 spiro atoms. The predicted molar refractivity (Wildman–Crippen MR) is 116 cm³/mol. The summed E-state index contributed by atoms with van der Waals surface area (Å²) < 4.78 is 12.3. The van der Waals surface area contributed by atoms with Gasteiger partial charge < -0.3 is 14.2 Å². The van der Waals surface area contributed by atoms with Gasteiger partial charge in [-0.15, -0.1) is 0 Å². The third-order valence-electron chi connectivity index (χ3n) is 5.59. The summed E-state index contributed by atoms with van der Waals surface area (Å²) in [6.07, 6.45) is 0. The van der Waals surface area contributed by atoms with Crippen molar-refractivity contribution in [1.29, 1.82) is 0 Å². The van der Waals surface area contributed by atoms with Gasteiger partial charge in [-0.3, -0.25) is 0 Å². The van der Waals surface area contributed by atoms with E-state index < -0.39 is 11.2 Å². The standard InChI is InChI=1S/C24H24BO3/c1-23(2,26)24(3,4)28-25-20-15-9-14-19-18-13-8-12-17(21(18)27-22(19)20)16-10-6-5-7-11-16/h5-15,26H,1-4H3. The normalized spacial score (nSPS) is 12.6. The Kier molecular flexibility index (Phi) is 4.57. The lowest BCUT2D eigenvalue weighted by atomic mass is 9.82. The summed E-state index contributed by atoms with van der Waals surface area (Å²) >= 11 is 0. The smallest absolute Gasteiger partial charge is 0.334 e. The van der Waals surface area contributed by atoms with Crippen molar-refractivity contribution in [3.63, 3.8) is 0 Å². The fourth-order valence-electron chi connectivity index (χ4n) is 3.13. The number of para-hydroxylation sites is 2. The number of rotatable bonds is 5. The molecule has 0 saturated carbocycles. The molecule has 0 unspecified atom stereocenters. The predicted octanol–water partition coefficient (Wildman–Crippen LogP) is 5.06. The molecule has 3 aromatic carbocycles. The van der Waals surface area contributed by atoms with Crippen LogP contribution in [0.15, 0.2) is 71.1 Å². The monoisotopic (exact) mass is 371 g/mol. The second-order valence-corrected chi connectivity index (χ2v) is 8.18. The SMILES string of the molecule is CC(C)(O)C(C)(C)O[B]c1cccc2c1oc1c(-c3ccccc3)cccc12. The number of benzene rings is 3. The quantitative estimate of drug-likeness (QED) is 0.499. The van der Waals surface area contributed by atoms with Crippen LogP contribution in [0.5, 0.6) is 0 Å². The summed E-state index contributed by atoms with van der Waals surface area (Å²) in [5, 5.41) is 12.5. The number of hydrogen-bond donors (Lipinski definition) is 1. The summed E-state index contributed by atoms with van der Waals surface area (Å²) in [6, 6.07) is 22.5. The van der Waals surface area contributed by atoms with Crippen molar-refractivity contribution >= 4 is 34.9 Å². The largest absolute Gasteiger partial charge is 0.456 e. The third-order valence-corrected chi connectivity index (χ3v) is 5.59. The lowest BCUT2D eigenvalue weighted by Crippen LogP contribution is -2.49. The molecule has 0 saturated heterocycles. The molecule has 1 N–H and O–H groups in total. The van der Waals surface area contributed by atoms with Crippen LogP contribution < -0.4 is 5.46 Å². The van der Waals surface area contributed by atoms with Crippen molar-refractivity contribution in [3.05, 3.63) is 66.7 Å². The molecule has 0 bridgehead atoms. The van der Waals surface area contributed by atoms with Crippen LogP contribution in [0.3, 0.4) is 0 Å². The minimum atomic E-state index is -0.980. The minimum Gasteiger partial charge on any atom is -0.456 e. The summed E-state index contributed by atoms with van der Waals surface area (Å²) in [5.74, 6) is 0. The molecule has 4 heteroatoms. The van der Waals surface area contributed by atoms with Crippen LogP contribution in [0.4, 0.5) is 0 Å². The average molecular weight is 371 g/mol. The molecule has 4 rings (SSSR count). The zero-order valence-corrected chi connectivity index (χ0v) is 16.7. The van der Waals surface area contributed by atoms with Crippen molar-refractivity contribution in [1.82, 2.24) is 0 Å². The molecular formula is C24H24BO3. The lowest BCUT2D eigenvalue weighted by molar-refractivity contribution is -0.0893. The maximum atomic E-state index is 10.3. The van der Waals surface area contributed by atoms with Gasteiger partial charge in [-0.25, -0.2) is 0 Å². The van der Waals surface area contributed by atoms with Gasteiger partial charge in [-0.1, -0.05) is 66.7 Å². The van der Waals surface area contributed by atoms with Crippen molar-refractivity contribution < 1.29 is 14.2 Å². The van der Waals surface area contributed by atoms with Gasteiger partial charge in [-0.05, 0) is 38.7 Å². The molecule has 141 valence electrons. The molecule has 0 fully saturated rings. The van der Waals surface area contributed by atoms with Gasteiger partial charge in [0.15, 0.2) is 0 Å². The van der Waals surface area contributed by atoms with E-state index in [2.05, 4.69) is 36.4 Å². The van der Waals surface area contributed by atoms with E-state index >= 15 is 0 Å². The molecule has 3 nitrogen and oxygen atoms in total. The summed E-state index contributed by atoms with van der Waals surface area (Å²) in [4.78, 5) is 0. The van der Waals surface area contributed by atoms with Gasteiger partial charge in [0, 0.05) is 16.3 Å². The van der Waals surface area contributed by atoms with Crippen molar-refractivity contribution in [2.45, 2.75) is 38.9 Å². The minimum absolute atomic E-state index is 0.740. The Morgan fingerprint density at radius 2 is 1.43 bits per heavy atom. The van der Waals surface area contributed by atoms with E-state index in [4.69, 9.17) is 9.07 Å². The molecular weight excluding hydrogens is 347 g/mol. The van der Waals surface area contributed by atoms with E-state index in [0.29, 0.717) is 0 Å². The molecule has 4 aromatic rings. The Labute approximate surface area is 166 Å². The van der Waals surface area contributed by atoms with E-state index in [0.717, 1.165) is 38.5 Å². The van der Waals surface area contributed by atoms with E-state index in [-0.39, 0.29) is 0 Å². The molecule has 28 heavy (non-hydrogen) atoms. The zero-order chi connectivity index (χ0) is 19.9. The highest BCUT2D eigenvalue weighted by Gasteiger charge is 2.36. The molecule has 0 atom stereocenters. The second kappa shape index (κ2) is 6.80. The first-order chi connectivity index (χ1) is 13.3. The van der Waals surface area contributed by atoms with E-state index in [1.54, 1.807) is 21.3 Å². The van der Waals surface area contributed by atoms with Crippen LogP contribution >= 0.6 is 0 Å². The number of furan rings is 1. The zero-order valence-electron chi connectivity index (χ0n) is 16.7. The highest BCUT2D eigenvalue weighted by atomic mass is 16.5. The molecule has 0 aliphatic rings. The van der Waals surface area contributed by atoms with Crippen LogP contribution in [-0.2, 0) is 4.65 Å². The second-order valence-electron chi connectivity index (χ2n) is 8.18. The Hall–Kier alpha value is -2.56. The van der Waals surface area contributed by atoms with Crippen molar-refractivity contribution in [3.8, 4) is 11.1 Å². The van der Waals surface area contributed by atoms with Crippen LogP contribution in [0, 0.1) is 0 Å². The third kappa shape index (κ3) is 3.23.